The molecule has 1 N–H and O–H groups in total. The fourth-order valence-electron chi connectivity index (χ4n) is 2.57. The lowest BCUT2D eigenvalue weighted by Crippen LogP contribution is -2.43. The minimum atomic E-state index is -1.29. The number of nitrogens with one attached hydrogen (secondary N) is 1. The monoisotopic (exact) mass is 430 g/mol. The number of anilines is 1. The molecule has 2 amide bonds. The van der Waals surface area contributed by atoms with E-state index in [-0.39, 0.29) is 23.8 Å². The summed E-state index contributed by atoms with van der Waals surface area (Å²) in [4.78, 5) is 41.7. The van der Waals surface area contributed by atoms with Crippen molar-refractivity contribution in [2.24, 2.45) is 4.99 Å². The van der Waals surface area contributed by atoms with Gasteiger partial charge in [0.2, 0.25) is 11.8 Å². The quantitative estimate of drug-likeness (QED) is 0.803. The number of carboxylic acids is 1. The molecule has 0 aliphatic carbocycles. The number of hydrogen-bond donors (Lipinski definition) is 1. The molecule has 7 nitrogen and oxygen atoms in total. The lowest BCUT2D eigenvalue weighted by Gasteiger charge is -2.28. The highest BCUT2D eigenvalue weighted by molar-refractivity contribution is 8.15. The minimum absolute atomic E-state index is 0.0121. The number of benzene rings is 2. The van der Waals surface area contributed by atoms with Crippen molar-refractivity contribution < 1.29 is 19.5 Å². The first-order valence-corrected chi connectivity index (χ1v) is 9.90. The number of halogens is 1. The van der Waals surface area contributed by atoms with Crippen LogP contribution in [-0.4, -0.2) is 40.1 Å². The van der Waals surface area contributed by atoms with E-state index in [1.807, 2.05) is 13.0 Å². The number of carboxylic acid groups (broad SMARTS) is 1. The summed E-state index contributed by atoms with van der Waals surface area (Å²) in [5.41, 5.74) is 1.94. The summed E-state index contributed by atoms with van der Waals surface area (Å²) in [7, 11) is 1.61. The zero-order chi connectivity index (χ0) is 21.1. The van der Waals surface area contributed by atoms with E-state index in [0.29, 0.717) is 21.6 Å². The van der Waals surface area contributed by atoms with Gasteiger partial charge in [0, 0.05) is 24.2 Å². The molecule has 1 saturated heterocycles. The van der Waals surface area contributed by atoms with Gasteiger partial charge < -0.3 is 15.2 Å². The van der Waals surface area contributed by atoms with E-state index in [0.717, 1.165) is 5.56 Å². The zero-order valence-corrected chi connectivity index (χ0v) is 17.2. The molecule has 1 fully saturated rings. The molecule has 2 aromatic carbocycles. The summed E-state index contributed by atoms with van der Waals surface area (Å²) in [6.45, 7) is 1.88. The molecule has 0 bridgehead atoms. The average Bonchev–Trinajstić information content (AvgIpc) is 2.68. The Hall–Kier alpha value is -2.84. The predicted octanol–water partition coefficient (Wildman–Crippen LogP) is 2.60. The Morgan fingerprint density at radius 3 is 2.55 bits per heavy atom. The highest BCUT2D eigenvalue weighted by Gasteiger charge is 2.34. The van der Waals surface area contributed by atoms with Crippen molar-refractivity contribution in [1.82, 2.24) is 4.90 Å². The Balaban J connectivity index is 1.76. The van der Waals surface area contributed by atoms with E-state index in [2.05, 4.69) is 10.3 Å². The van der Waals surface area contributed by atoms with Crippen molar-refractivity contribution in [3.05, 3.63) is 58.6 Å². The first-order chi connectivity index (χ1) is 13.7. The van der Waals surface area contributed by atoms with E-state index in [4.69, 9.17) is 11.6 Å². The zero-order valence-electron chi connectivity index (χ0n) is 15.6. The third kappa shape index (κ3) is 4.96. The van der Waals surface area contributed by atoms with Crippen LogP contribution in [0.5, 0.6) is 0 Å². The van der Waals surface area contributed by atoms with E-state index >= 15 is 0 Å². The molecule has 0 saturated carbocycles. The van der Waals surface area contributed by atoms with Crippen LogP contribution in [0.4, 0.5) is 11.4 Å². The smallest absolute Gasteiger partial charge is 0.238 e. The third-order valence-electron chi connectivity index (χ3n) is 4.33. The van der Waals surface area contributed by atoms with E-state index in [9.17, 15) is 19.5 Å². The molecule has 9 heteroatoms. The van der Waals surface area contributed by atoms with Crippen LogP contribution in [0.15, 0.2) is 47.5 Å². The summed E-state index contributed by atoms with van der Waals surface area (Å²) < 4.78 is 0. The van der Waals surface area contributed by atoms with Gasteiger partial charge in [-0.05, 0) is 42.3 Å². The van der Waals surface area contributed by atoms with Gasteiger partial charge in [0.25, 0.3) is 0 Å². The van der Waals surface area contributed by atoms with Crippen molar-refractivity contribution in [2.75, 3.05) is 12.4 Å². The number of aromatic carboxylic acids is 1. The number of carbonyl (C=O) groups is 3. The molecule has 2 aromatic rings. The second-order valence-corrected chi connectivity index (χ2v) is 8.02. The Morgan fingerprint density at radius 2 is 1.93 bits per heavy atom. The summed E-state index contributed by atoms with van der Waals surface area (Å²) in [5.74, 6) is -1.89. The van der Waals surface area contributed by atoms with Crippen LogP contribution in [0.1, 0.15) is 22.3 Å². The molecule has 29 heavy (non-hydrogen) atoms. The molecule has 1 heterocycles. The maximum Gasteiger partial charge on any atom is 0.238 e. The SMILES string of the molecule is Cc1ccc(N=C2S[C@@H](C(=O)Nc3ccc(C(=O)[O-])cc3)CC(=O)N2C)cc1Cl. The van der Waals surface area contributed by atoms with Gasteiger partial charge in [0.1, 0.15) is 5.25 Å². The van der Waals surface area contributed by atoms with Crippen LogP contribution in [0.2, 0.25) is 5.02 Å². The standard InChI is InChI=1S/C20H18ClN3O4S/c1-11-3-6-14(9-15(11)21)23-20-24(2)17(25)10-16(29-20)18(26)22-13-7-4-12(5-8-13)19(27)28/h3-9,16H,10H2,1-2H3,(H,22,26)(H,27,28)/p-1/t16-/m1/s1. The summed E-state index contributed by atoms with van der Waals surface area (Å²) in [5, 5.41) is 13.8. The van der Waals surface area contributed by atoms with Crippen molar-refractivity contribution >= 4 is 57.7 Å². The largest absolute Gasteiger partial charge is 0.545 e. The van der Waals surface area contributed by atoms with Gasteiger partial charge in [-0.1, -0.05) is 41.6 Å². The fraction of sp³-hybridized carbons (Fsp3) is 0.200. The molecule has 0 aromatic heterocycles. The molecule has 1 atom stereocenters. The maximum atomic E-state index is 12.6. The summed E-state index contributed by atoms with van der Waals surface area (Å²) in [6, 6.07) is 10.9. The van der Waals surface area contributed by atoms with Crippen molar-refractivity contribution in [2.45, 2.75) is 18.6 Å². The normalized spacial score (nSPS) is 18.0. The lowest BCUT2D eigenvalue weighted by atomic mass is 10.2. The summed E-state index contributed by atoms with van der Waals surface area (Å²) >= 11 is 7.31. The Morgan fingerprint density at radius 1 is 1.24 bits per heavy atom. The van der Waals surface area contributed by atoms with Crippen LogP contribution >= 0.6 is 23.4 Å². The lowest BCUT2D eigenvalue weighted by molar-refractivity contribution is -0.255. The van der Waals surface area contributed by atoms with Crippen LogP contribution in [-0.2, 0) is 9.59 Å². The fourth-order valence-corrected chi connectivity index (χ4v) is 3.81. The molecule has 150 valence electrons. The highest BCUT2D eigenvalue weighted by Crippen LogP contribution is 2.30. The molecule has 0 spiro atoms. The van der Waals surface area contributed by atoms with Gasteiger partial charge in [0.15, 0.2) is 5.17 Å². The van der Waals surface area contributed by atoms with Crippen molar-refractivity contribution in [3.63, 3.8) is 0 Å². The van der Waals surface area contributed by atoms with Crippen LogP contribution in [0.3, 0.4) is 0 Å². The second-order valence-electron chi connectivity index (χ2n) is 6.45. The van der Waals surface area contributed by atoms with Gasteiger partial charge in [-0.15, -0.1) is 0 Å². The topological polar surface area (TPSA) is 102 Å². The number of aryl methyl sites for hydroxylation is 1. The molecular formula is C20H17ClN3O4S-. The number of amidine groups is 1. The van der Waals surface area contributed by atoms with Gasteiger partial charge in [-0.25, -0.2) is 4.99 Å². The second kappa shape index (κ2) is 8.67. The molecule has 1 aliphatic heterocycles. The summed E-state index contributed by atoms with van der Waals surface area (Å²) in [6.07, 6.45) is 0.0256. The van der Waals surface area contributed by atoms with Gasteiger partial charge >= 0.3 is 0 Å². The molecule has 1 aliphatic rings. The number of carbonyl (C=O) groups excluding carboxylic acids is 3. The van der Waals surface area contributed by atoms with Crippen LogP contribution in [0.25, 0.3) is 0 Å². The predicted molar refractivity (Wildman–Crippen MR) is 111 cm³/mol. The number of hydrogen-bond acceptors (Lipinski definition) is 6. The highest BCUT2D eigenvalue weighted by atomic mass is 35.5. The number of aliphatic imine (C=N–C) groups is 1. The Labute approximate surface area is 176 Å². The minimum Gasteiger partial charge on any atom is -0.545 e. The number of nitrogens with zero attached hydrogens (tertiary/aromatic N) is 2. The van der Waals surface area contributed by atoms with Crippen molar-refractivity contribution in [3.8, 4) is 0 Å². The molecule has 0 unspecified atom stereocenters. The van der Waals surface area contributed by atoms with Crippen LogP contribution in [0, 0.1) is 6.92 Å². The van der Waals surface area contributed by atoms with Crippen LogP contribution < -0.4 is 10.4 Å². The molecular weight excluding hydrogens is 414 g/mol. The molecule has 3 rings (SSSR count). The maximum absolute atomic E-state index is 12.6. The first-order valence-electron chi connectivity index (χ1n) is 8.65. The molecule has 0 radical (unpaired) electrons. The van der Waals surface area contributed by atoms with Gasteiger partial charge in [-0.3, -0.25) is 14.5 Å². The van der Waals surface area contributed by atoms with E-state index in [1.54, 1.807) is 19.2 Å². The number of amides is 2. The number of rotatable bonds is 4. The van der Waals surface area contributed by atoms with Gasteiger partial charge in [0.05, 0.1) is 11.7 Å². The van der Waals surface area contributed by atoms with E-state index in [1.165, 1.54) is 40.9 Å². The third-order valence-corrected chi connectivity index (χ3v) is 5.98. The average molecular weight is 431 g/mol. The number of thioether (sulfide) groups is 1. The van der Waals surface area contributed by atoms with E-state index < -0.39 is 11.2 Å². The Bertz CT molecular complexity index is 1010. The van der Waals surface area contributed by atoms with Crippen molar-refractivity contribution in [1.29, 1.82) is 0 Å². The van der Waals surface area contributed by atoms with Gasteiger partial charge in [-0.2, -0.15) is 0 Å². The Kier molecular flexibility index (Phi) is 6.24. The first kappa shape index (κ1) is 20.9.